The van der Waals surface area contributed by atoms with E-state index in [0.29, 0.717) is 34.2 Å². The molecule has 0 radical (unpaired) electrons. The number of hydrogen-bond donors (Lipinski definition) is 3. The topological polar surface area (TPSA) is 113 Å². The lowest BCUT2D eigenvalue weighted by Gasteiger charge is -2.31. The molecule has 3 heterocycles. The second-order valence-corrected chi connectivity index (χ2v) is 11.8. The van der Waals surface area contributed by atoms with Crippen LogP contribution in [-0.4, -0.2) is 41.6 Å². The number of carbonyl (C=O) groups excluding carboxylic acids is 2. The fourth-order valence-corrected chi connectivity index (χ4v) is 4.85. The Kier molecular flexibility index (Phi) is 7.33. The van der Waals surface area contributed by atoms with Crippen LogP contribution < -0.4 is 16.2 Å². The Labute approximate surface area is 217 Å². The van der Waals surface area contributed by atoms with Crippen LogP contribution in [0.4, 0.5) is 4.79 Å². The Morgan fingerprint density at radius 1 is 1.16 bits per heavy atom. The molecule has 8 heteroatoms. The summed E-state index contributed by atoms with van der Waals surface area (Å²) in [7, 11) is 0. The number of amides is 1. The van der Waals surface area contributed by atoms with Gasteiger partial charge in [-0.1, -0.05) is 20.8 Å². The number of ketones is 1. The average molecular weight is 508 g/mol. The SMILES string of the molecule is CC(C)(C)OC(=O)NC(C(=O)c1coc2c(C(C)(C)C)cc(-c3ccc[nH]c3=O)cc12)C1CCCNC1. The zero-order valence-electron chi connectivity index (χ0n) is 22.5. The summed E-state index contributed by atoms with van der Waals surface area (Å²) in [4.78, 5) is 42.1. The number of carbonyl (C=O) groups is 2. The molecule has 0 bridgehead atoms. The molecule has 0 saturated carbocycles. The van der Waals surface area contributed by atoms with E-state index in [1.165, 1.54) is 6.26 Å². The summed E-state index contributed by atoms with van der Waals surface area (Å²) < 4.78 is 11.5. The van der Waals surface area contributed by atoms with Crippen LogP contribution in [-0.2, 0) is 10.2 Å². The number of aromatic nitrogens is 1. The highest BCUT2D eigenvalue weighted by Gasteiger charge is 2.35. The molecule has 2 aromatic heterocycles. The predicted molar refractivity (Wildman–Crippen MR) is 144 cm³/mol. The molecule has 1 aliphatic heterocycles. The van der Waals surface area contributed by atoms with Gasteiger partial charge in [0.25, 0.3) is 5.56 Å². The molecule has 198 valence electrons. The summed E-state index contributed by atoms with van der Waals surface area (Å²) in [6.07, 6.45) is 4.14. The molecular formula is C29H37N3O5. The van der Waals surface area contributed by atoms with Crippen molar-refractivity contribution in [3.05, 3.63) is 58.2 Å². The molecule has 0 spiro atoms. The lowest BCUT2D eigenvalue weighted by atomic mass is 9.82. The first-order valence-electron chi connectivity index (χ1n) is 12.8. The van der Waals surface area contributed by atoms with E-state index in [2.05, 4.69) is 36.4 Å². The van der Waals surface area contributed by atoms with Crippen molar-refractivity contribution in [3.8, 4) is 11.1 Å². The molecule has 1 aliphatic rings. The number of nitrogens with one attached hydrogen (secondary N) is 3. The van der Waals surface area contributed by atoms with E-state index in [1.54, 1.807) is 39.1 Å². The number of aromatic amines is 1. The Hall–Kier alpha value is -3.39. The number of piperidine rings is 1. The van der Waals surface area contributed by atoms with Crippen LogP contribution >= 0.6 is 0 Å². The van der Waals surface area contributed by atoms with Gasteiger partial charge in [-0.2, -0.15) is 0 Å². The molecule has 37 heavy (non-hydrogen) atoms. The summed E-state index contributed by atoms with van der Waals surface area (Å²) >= 11 is 0. The number of Topliss-reactive ketones (excluding diaryl/α,β-unsaturated/α-hetero) is 1. The second-order valence-electron chi connectivity index (χ2n) is 11.8. The highest BCUT2D eigenvalue weighted by molar-refractivity contribution is 6.11. The van der Waals surface area contributed by atoms with E-state index in [0.717, 1.165) is 24.9 Å². The van der Waals surface area contributed by atoms with E-state index >= 15 is 0 Å². The molecule has 1 saturated heterocycles. The zero-order chi connectivity index (χ0) is 27.0. The Morgan fingerprint density at radius 2 is 1.92 bits per heavy atom. The molecule has 2 unspecified atom stereocenters. The average Bonchev–Trinajstić information content (AvgIpc) is 3.24. The van der Waals surface area contributed by atoms with E-state index in [-0.39, 0.29) is 22.7 Å². The molecule has 0 aliphatic carbocycles. The number of furan rings is 1. The van der Waals surface area contributed by atoms with Crippen molar-refractivity contribution in [2.24, 2.45) is 5.92 Å². The summed E-state index contributed by atoms with van der Waals surface area (Å²) in [6.45, 7) is 13.0. The van der Waals surface area contributed by atoms with Gasteiger partial charge >= 0.3 is 6.09 Å². The molecule has 3 N–H and O–H groups in total. The van der Waals surface area contributed by atoms with Crippen LogP contribution in [0.25, 0.3) is 22.1 Å². The normalized spacial score (nSPS) is 17.4. The molecular weight excluding hydrogens is 470 g/mol. The number of benzene rings is 1. The van der Waals surface area contributed by atoms with Crippen molar-refractivity contribution in [2.75, 3.05) is 13.1 Å². The smallest absolute Gasteiger partial charge is 0.408 e. The lowest BCUT2D eigenvalue weighted by Crippen LogP contribution is -2.51. The first-order chi connectivity index (χ1) is 17.3. The third-order valence-electron chi connectivity index (χ3n) is 6.64. The summed E-state index contributed by atoms with van der Waals surface area (Å²) in [5.41, 5.74) is 1.86. The standard InChI is InChI=1S/C29H37N3O5/c1-28(2,3)22-14-18(19-10-8-12-31-26(19)34)13-20-21(16-36-25(20)22)24(33)23(17-9-7-11-30-15-17)32-27(35)37-29(4,5)6/h8,10,12-14,16-17,23,30H,7,9,11,15H2,1-6H3,(H,31,34)(H,32,35). The maximum atomic E-state index is 14.1. The maximum Gasteiger partial charge on any atom is 0.408 e. The van der Waals surface area contributed by atoms with E-state index in [9.17, 15) is 14.4 Å². The first-order valence-corrected chi connectivity index (χ1v) is 12.8. The molecule has 8 nitrogen and oxygen atoms in total. The molecule has 3 aromatic rings. The van der Waals surface area contributed by atoms with Gasteiger partial charge in [-0.15, -0.1) is 0 Å². The third-order valence-corrected chi connectivity index (χ3v) is 6.64. The minimum Gasteiger partial charge on any atom is -0.463 e. The van der Waals surface area contributed by atoms with Crippen LogP contribution in [0.5, 0.6) is 0 Å². The quantitative estimate of drug-likeness (QED) is 0.411. The molecule has 2 atom stereocenters. The van der Waals surface area contributed by atoms with Crippen molar-refractivity contribution in [3.63, 3.8) is 0 Å². The zero-order valence-corrected chi connectivity index (χ0v) is 22.5. The van der Waals surface area contributed by atoms with Crippen LogP contribution in [0.2, 0.25) is 0 Å². The van der Waals surface area contributed by atoms with Gasteiger partial charge in [-0.3, -0.25) is 9.59 Å². The van der Waals surface area contributed by atoms with Gasteiger partial charge in [0.1, 0.15) is 17.4 Å². The highest BCUT2D eigenvalue weighted by Crippen LogP contribution is 2.37. The van der Waals surface area contributed by atoms with Crippen LogP contribution in [0, 0.1) is 5.92 Å². The number of ether oxygens (including phenoxy) is 1. The number of hydrogen-bond acceptors (Lipinski definition) is 6. The van der Waals surface area contributed by atoms with E-state index < -0.39 is 17.7 Å². The van der Waals surface area contributed by atoms with Crippen LogP contribution in [0.15, 0.2) is 45.9 Å². The fraction of sp³-hybridized carbons (Fsp3) is 0.483. The van der Waals surface area contributed by atoms with Crippen LogP contribution in [0.1, 0.15) is 70.3 Å². The minimum atomic E-state index is -0.787. The van der Waals surface area contributed by atoms with Gasteiger partial charge in [-0.05, 0) is 81.3 Å². The number of pyridine rings is 1. The fourth-order valence-electron chi connectivity index (χ4n) is 4.85. The van der Waals surface area contributed by atoms with Gasteiger partial charge < -0.3 is 24.8 Å². The van der Waals surface area contributed by atoms with Gasteiger partial charge in [0, 0.05) is 29.3 Å². The maximum absolute atomic E-state index is 14.1. The van der Waals surface area contributed by atoms with Crippen molar-refractivity contribution in [1.82, 2.24) is 15.6 Å². The lowest BCUT2D eigenvalue weighted by molar-refractivity contribution is 0.0463. The highest BCUT2D eigenvalue weighted by atomic mass is 16.6. The number of H-pyrrole nitrogens is 1. The monoisotopic (exact) mass is 507 g/mol. The molecule has 4 rings (SSSR count). The predicted octanol–water partition coefficient (Wildman–Crippen LogP) is 5.16. The van der Waals surface area contributed by atoms with Crippen molar-refractivity contribution >= 4 is 22.8 Å². The van der Waals surface area contributed by atoms with Crippen molar-refractivity contribution in [1.29, 1.82) is 0 Å². The Morgan fingerprint density at radius 3 is 2.54 bits per heavy atom. The van der Waals surface area contributed by atoms with E-state index in [1.807, 2.05) is 12.1 Å². The first kappa shape index (κ1) is 26.7. The second kappa shape index (κ2) is 10.2. The van der Waals surface area contributed by atoms with Crippen molar-refractivity contribution in [2.45, 2.75) is 71.4 Å². The summed E-state index contributed by atoms with van der Waals surface area (Å²) in [6, 6.07) is 6.53. The minimum absolute atomic E-state index is 0.0963. The largest absolute Gasteiger partial charge is 0.463 e. The van der Waals surface area contributed by atoms with Crippen molar-refractivity contribution < 1.29 is 18.7 Å². The van der Waals surface area contributed by atoms with Gasteiger partial charge in [-0.25, -0.2) is 4.79 Å². The Bertz CT molecular complexity index is 1350. The number of rotatable bonds is 5. The van der Waals surface area contributed by atoms with Gasteiger partial charge in [0.2, 0.25) is 0 Å². The Balaban J connectivity index is 1.82. The van der Waals surface area contributed by atoms with Gasteiger partial charge in [0.05, 0.1) is 11.6 Å². The summed E-state index contributed by atoms with van der Waals surface area (Å²) in [5.74, 6) is -0.335. The van der Waals surface area contributed by atoms with Crippen LogP contribution in [0.3, 0.4) is 0 Å². The molecule has 1 fully saturated rings. The number of alkyl carbamates (subject to hydrolysis) is 1. The summed E-state index contributed by atoms with van der Waals surface area (Å²) in [5, 5.41) is 6.80. The molecule has 1 amide bonds. The molecule has 1 aromatic carbocycles. The van der Waals surface area contributed by atoms with E-state index in [4.69, 9.17) is 9.15 Å². The van der Waals surface area contributed by atoms with Gasteiger partial charge in [0.15, 0.2) is 5.78 Å². The third kappa shape index (κ3) is 5.96. The number of fused-ring (bicyclic) bond motifs is 1.